The van der Waals surface area contributed by atoms with Crippen LogP contribution in [0.15, 0.2) is 25.3 Å². The first-order chi connectivity index (χ1) is 7.12. The lowest BCUT2D eigenvalue weighted by Crippen LogP contribution is -1.95. The van der Waals surface area contributed by atoms with Crippen LogP contribution in [0, 0.1) is 0 Å². The third kappa shape index (κ3) is 10.2. The molecule has 0 amide bonds. The number of halogens is 1. The third-order valence-electron chi connectivity index (χ3n) is 1.60. The summed E-state index contributed by atoms with van der Waals surface area (Å²) in [5, 5.41) is 0. The predicted octanol–water partition coefficient (Wildman–Crippen LogP) is 4.30. The van der Waals surface area contributed by atoms with Crippen molar-refractivity contribution in [3.63, 3.8) is 0 Å². The van der Waals surface area contributed by atoms with E-state index in [4.69, 9.17) is 20.3 Å². The first kappa shape index (κ1) is 14.9. The molecule has 0 aromatic carbocycles. The van der Waals surface area contributed by atoms with Crippen LogP contribution in [0.1, 0.15) is 25.7 Å². The Balaban J connectivity index is 3.53. The average molecular weight is 253 g/mol. The standard InChI is InChI=1S/C10H18ClO3P/c1-3-5-7-9-13-15(11,12)14-10-8-6-4-2/h3-4H,1-2,5-10H2. The van der Waals surface area contributed by atoms with Gasteiger partial charge in [-0.2, -0.15) is 0 Å². The normalized spacial score (nSPS) is 11.3. The van der Waals surface area contributed by atoms with E-state index in [9.17, 15) is 4.57 Å². The second kappa shape index (κ2) is 9.17. The van der Waals surface area contributed by atoms with E-state index in [1.54, 1.807) is 12.2 Å². The van der Waals surface area contributed by atoms with Gasteiger partial charge in [0.05, 0.1) is 13.2 Å². The Hall–Kier alpha value is -0.0800. The molecule has 3 nitrogen and oxygen atoms in total. The highest BCUT2D eigenvalue weighted by molar-refractivity contribution is 7.81. The highest BCUT2D eigenvalue weighted by Crippen LogP contribution is 2.53. The molecule has 88 valence electrons. The summed E-state index contributed by atoms with van der Waals surface area (Å²) >= 11 is 5.55. The number of hydrogen-bond donors (Lipinski definition) is 0. The van der Waals surface area contributed by atoms with Crippen molar-refractivity contribution in [1.82, 2.24) is 0 Å². The van der Waals surface area contributed by atoms with Gasteiger partial charge < -0.3 is 0 Å². The fourth-order valence-electron chi connectivity index (χ4n) is 0.840. The largest absolute Gasteiger partial charge is 0.424 e. The number of allylic oxidation sites excluding steroid dienone is 2. The molecule has 0 bridgehead atoms. The van der Waals surface area contributed by atoms with E-state index in [1.165, 1.54) is 0 Å². The van der Waals surface area contributed by atoms with Gasteiger partial charge in [-0.05, 0) is 25.7 Å². The van der Waals surface area contributed by atoms with Crippen LogP contribution in [0.2, 0.25) is 0 Å². The van der Waals surface area contributed by atoms with Crippen LogP contribution in [0.3, 0.4) is 0 Å². The molecule has 5 heteroatoms. The fraction of sp³-hybridized carbons (Fsp3) is 0.600. The van der Waals surface area contributed by atoms with Crippen molar-refractivity contribution in [1.29, 1.82) is 0 Å². The Labute approximate surface area is 96.4 Å². The Kier molecular flexibility index (Phi) is 9.12. The zero-order valence-electron chi connectivity index (χ0n) is 8.86. The zero-order chi connectivity index (χ0) is 11.6. The summed E-state index contributed by atoms with van der Waals surface area (Å²) in [5.74, 6) is 0. The molecular weight excluding hydrogens is 235 g/mol. The van der Waals surface area contributed by atoms with Crippen LogP contribution >= 0.6 is 18.2 Å². The SMILES string of the molecule is C=CCCCOP(=O)(Cl)OCCCC=C. The van der Waals surface area contributed by atoms with Crippen LogP contribution in [0.4, 0.5) is 0 Å². The lowest BCUT2D eigenvalue weighted by molar-refractivity contribution is 0.215. The monoisotopic (exact) mass is 252 g/mol. The lowest BCUT2D eigenvalue weighted by atomic mass is 10.3. The molecule has 15 heavy (non-hydrogen) atoms. The van der Waals surface area contributed by atoms with Crippen LogP contribution in [-0.4, -0.2) is 13.2 Å². The fourth-order valence-corrected chi connectivity index (χ4v) is 2.02. The molecule has 0 saturated carbocycles. The van der Waals surface area contributed by atoms with E-state index >= 15 is 0 Å². The molecule has 0 N–H and O–H groups in total. The number of hydrogen-bond acceptors (Lipinski definition) is 3. The van der Waals surface area contributed by atoms with Gasteiger partial charge in [-0.15, -0.1) is 13.2 Å². The van der Waals surface area contributed by atoms with Gasteiger partial charge in [0.2, 0.25) is 0 Å². The predicted molar refractivity (Wildman–Crippen MR) is 64.2 cm³/mol. The summed E-state index contributed by atoms with van der Waals surface area (Å²) in [4.78, 5) is 0. The zero-order valence-corrected chi connectivity index (χ0v) is 10.5. The van der Waals surface area contributed by atoms with Gasteiger partial charge in [-0.1, -0.05) is 12.2 Å². The maximum atomic E-state index is 11.4. The smallest absolute Gasteiger partial charge is 0.297 e. The minimum Gasteiger partial charge on any atom is -0.297 e. The molecule has 0 aliphatic rings. The summed E-state index contributed by atoms with van der Waals surface area (Å²) < 4.78 is 21.3. The van der Waals surface area contributed by atoms with Crippen molar-refractivity contribution >= 4 is 18.2 Å². The van der Waals surface area contributed by atoms with Gasteiger partial charge in [-0.25, -0.2) is 4.57 Å². The Bertz CT molecular complexity index is 211. The van der Waals surface area contributed by atoms with Crippen LogP contribution < -0.4 is 0 Å². The van der Waals surface area contributed by atoms with Gasteiger partial charge in [0, 0.05) is 11.2 Å². The van der Waals surface area contributed by atoms with E-state index in [1.807, 2.05) is 0 Å². The average Bonchev–Trinajstić information content (AvgIpc) is 2.20. The molecule has 0 fully saturated rings. The Morgan fingerprint density at radius 2 is 1.47 bits per heavy atom. The first-order valence-electron chi connectivity index (χ1n) is 4.93. The van der Waals surface area contributed by atoms with E-state index in [0.717, 1.165) is 25.7 Å². The van der Waals surface area contributed by atoms with E-state index < -0.39 is 6.95 Å². The van der Waals surface area contributed by atoms with Crippen LogP contribution in [0.25, 0.3) is 0 Å². The molecule has 0 aromatic heterocycles. The highest BCUT2D eigenvalue weighted by atomic mass is 35.7. The molecule has 0 heterocycles. The van der Waals surface area contributed by atoms with Gasteiger partial charge in [-0.3, -0.25) is 9.05 Å². The van der Waals surface area contributed by atoms with Crippen LogP contribution in [0.5, 0.6) is 0 Å². The van der Waals surface area contributed by atoms with Crippen molar-refractivity contribution in [2.24, 2.45) is 0 Å². The molecule has 0 aromatic rings. The van der Waals surface area contributed by atoms with E-state index in [2.05, 4.69) is 13.2 Å². The molecule has 0 rings (SSSR count). The quantitative estimate of drug-likeness (QED) is 0.330. The minimum atomic E-state index is -3.37. The molecule has 0 radical (unpaired) electrons. The molecule has 0 atom stereocenters. The highest BCUT2D eigenvalue weighted by Gasteiger charge is 2.19. The Morgan fingerprint density at radius 1 is 1.07 bits per heavy atom. The third-order valence-corrected chi connectivity index (χ3v) is 3.16. The summed E-state index contributed by atoms with van der Waals surface area (Å²) in [6.45, 7) is 4.42. The lowest BCUT2D eigenvalue weighted by Gasteiger charge is -2.10. The molecule has 0 saturated heterocycles. The molecule has 0 unspecified atom stereocenters. The molecular formula is C10H18ClO3P. The first-order valence-corrected chi connectivity index (χ1v) is 7.37. The van der Waals surface area contributed by atoms with Crippen molar-refractivity contribution in [3.05, 3.63) is 25.3 Å². The van der Waals surface area contributed by atoms with Gasteiger partial charge in [0.15, 0.2) is 0 Å². The van der Waals surface area contributed by atoms with E-state index in [0.29, 0.717) is 13.2 Å². The molecule has 0 aliphatic heterocycles. The van der Waals surface area contributed by atoms with Crippen molar-refractivity contribution < 1.29 is 13.6 Å². The van der Waals surface area contributed by atoms with Gasteiger partial charge in [0.25, 0.3) is 0 Å². The summed E-state index contributed by atoms with van der Waals surface area (Å²) in [6.07, 6.45) is 6.66. The number of rotatable bonds is 10. The molecule has 0 spiro atoms. The minimum absolute atomic E-state index is 0.328. The van der Waals surface area contributed by atoms with E-state index in [-0.39, 0.29) is 0 Å². The molecule has 0 aliphatic carbocycles. The summed E-state index contributed by atoms with van der Waals surface area (Å²) in [7, 11) is 0. The second-order valence-corrected chi connectivity index (χ2v) is 5.58. The van der Waals surface area contributed by atoms with Crippen molar-refractivity contribution in [2.75, 3.05) is 13.2 Å². The summed E-state index contributed by atoms with van der Waals surface area (Å²) in [6, 6.07) is 0. The van der Waals surface area contributed by atoms with Crippen molar-refractivity contribution in [3.8, 4) is 0 Å². The topological polar surface area (TPSA) is 35.5 Å². The second-order valence-electron chi connectivity index (χ2n) is 2.96. The Morgan fingerprint density at radius 3 is 1.80 bits per heavy atom. The van der Waals surface area contributed by atoms with Gasteiger partial charge >= 0.3 is 6.95 Å². The van der Waals surface area contributed by atoms with Gasteiger partial charge in [0.1, 0.15) is 0 Å². The number of unbranched alkanes of at least 4 members (excludes halogenated alkanes) is 2. The maximum absolute atomic E-state index is 11.4. The van der Waals surface area contributed by atoms with Crippen LogP contribution in [-0.2, 0) is 13.6 Å². The van der Waals surface area contributed by atoms with Crippen molar-refractivity contribution in [2.45, 2.75) is 25.7 Å². The summed E-state index contributed by atoms with van der Waals surface area (Å²) in [5.41, 5.74) is 0. The maximum Gasteiger partial charge on any atom is 0.424 e.